The molecule has 0 saturated heterocycles. The van der Waals surface area contributed by atoms with Gasteiger partial charge in [-0.15, -0.1) is 0 Å². The summed E-state index contributed by atoms with van der Waals surface area (Å²) in [4.78, 5) is 38.1. The van der Waals surface area contributed by atoms with E-state index >= 15 is 0 Å². The Kier molecular flexibility index (Phi) is 49.6. The Morgan fingerprint density at radius 3 is 0.766 bits per heavy atom. The molecule has 64 heavy (non-hydrogen) atoms. The largest absolute Gasteiger partial charge is 0.462 e. The lowest BCUT2D eigenvalue weighted by Crippen LogP contribution is -2.30. The Balaban J connectivity index is 4.26. The van der Waals surface area contributed by atoms with Gasteiger partial charge in [0.2, 0.25) is 0 Å². The summed E-state index contributed by atoms with van der Waals surface area (Å²) in [6, 6.07) is 0. The van der Waals surface area contributed by atoms with E-state index in [0.717, 1.165) is 69.6 Å². The van der Waals surface area contributed by atoms with Crippen molar-refractivity contribution in [2.24, 2.45) is 11.8 Å². The highest BCUT2D eigenvalue weighted by Crippen LogP contribution is 2.18. The molecular weight excluding hydrogens is 793 g/mol. The molecule has 0 radical (unpaired) electrons. The fraction of sp³-hybridized carbons (Fsp3) is 0.948. The third-order valence-corrected chi connectivity index (χ3v) is 13.2. The standard InChI is InChI=1S/C58H112O6/c1-6-7-8-9-10-11-21-28-33-38-43-48-56(59)62-51-55(52-63-57(60)49-44-39-34-29-24-19-16-15-18-23-27-32-37-42-47-54(4)5)64-58(61)50-45-40-35-30-25-20-14-12-13-17-22-26-31-36-41-46-53(2)3/h53-55H,6-52H2,1-5H3/t55-/m0/s1. The lowest BCUT2D eigenvalue weighted by atomic mass is 10.0. The van der Waals surface area contributed by atoms with Gasteiger partial charge < -0.3 is 14.2 Å². The molecule has 0 rings (SSSR count). The minimum Gasteiger partial charge on any atom is -0.462 e. The van der Waals surface area contributed by atoms with Crippen molar-refractivity contribution in [2.75, 3.05) is 13.2 Å². The number of carbonyl (C=O) groups excluding carboxylic acids is 3. The zero-order valence-corrected chi connectivity index (χ0v) is 43.9. The zero-order chi connectivity index (χ0) is 46.8. The van der Waals surface area contributed by atoms with Crippen LogP contribution in [0.4, 0.5) is 0 Å². The Morgan fingerprint density at radius 2 is 0.516 bits per heavy atom. The third-order valence-electron chi connectivity index (χ3n) is 13.2. The molecule has 6 nitrogen and oxygen atoms in total. The normalized spacial score (nSPS) is 12.0. The van der Waals surface area contributed by atoms with Gasteiger partial charge >= 0.3 is 17.9 Å². The molecule has 0 heterocycles. The molecule has 0 aromatic heterocycles. The van der Waals surface area contributed by atoms with Gasteiger partial charge in [0.05, 0.1) is 0 Å². The highest BCUT2D eigenvalue weighted by atomic mass is 16.6. The fourth-order valence-electron chi connectivity index (χ4n) is 8.87. The second-order valence-electron chi connectivity index (χ2n) is 20.9. The van der Waals surface area contributed by atoms with Crippen molar-refractivity contribution in [1.82, 2.24) is 0 Å². The number of esters is 3. The van der Waals surface area contributed by atoms with Crippen LogP contribution in [-0.4, -0.2) is 37.2 Å². The van der Waals surface area contributed by atoms with Crippen LogP contribution in [0.2, 0.25) is 0 Å². The molecule has 0 bridgehead atoms. The monoisotopic (exact) mass is 905 g/mol. The SMILES string of the molecule is CCCCCCCCCCCCCC(=O)OC[C@@H](COC(=O)CCCCCCCCCCCCCCCCC(C)C)OC(=O)CCCCCCCCCCCCCCCCCC(C)C. The van der Waals surface area contributed by atoms with Gasteiger partial charge in [-0.05, 0) is 31.1 Å². The minimum atomic E-state index is -0.762. The lowest BCUT2D eigenvalue weighted by molar-refractivity contribution is -0.167. The van der Waals surface area contributed by atoms with Crippen molar-refractivity contribution in [1.29, 1.82) is 0 Å². The van der Waals surface area contributed by atoms with E-state index in [1.807, 2.05) is 0 Å². The summed E-state index contributed by atoms with van der Waals surface area (Å²) >= 11 is 0. The number of hydrogen-bond donors (Lipinski definition) is 0. The van der Waals surface area contributed by atoms with E-state index in [2.05, 4.69) is 34.6 Å². The van der Waals surface area contributed by atoms with E-state index in [9.17, 15) is 14.4 Å². The van der Waals surface area contributed by atoms with Crippen molar-refractivity contribution < 1.29 is 28.6 Å². The average molecular weight is 906 g/mol. The van der Waals surface area contributed by atoms with Crippen molar-refractivity contribution in [3.05, 3.63) is 0 Å². The highest BCUT2D eigenvalue weighted by molar-refractivity contribution is 5.71. The number of rotatable bonds is 52. The predicted octanol–water partition coefficient (Wildman–Crippen LogP) is 18.9. The van der Waals surface area contributed by atoms with Gasteiger partial charge in [-0.25, -0.2) is 0 Å². The van der Waals surface area contributed by atoms with Gasteiger partial charge in [-0.2, -0.15) is 0 Å². The Morgan fingerprint density at radius 1 is 0.297 bits per heavy atom. The number of carbonyl (C=O) groups is 3. The quantitative estimate of drug-likeness (QED) is 0.0344. The molecule has 0 aliphatic heterocycles. The average Bonchev–Trinajstić information content (AvgIpc) is 3.27. The van der Waals surface area contributed by atoms with Crippen molar-refractivity contribution in [2.45, 2.75) is 330 Å². The smallest absolute Gasteiger partial charge is 0.306 e. The zero-order valence-electron chi connectivity index (χ0n) is 43.9. The van der Waals surface area contributed by atoms with E-state index in [1.54, 1.807) is 0 Å². The molecule has 0 N–H and O–H groups in total. The first kappa shape index (κ1) is 62.4. The number of hydrogen-bond acceptors (Lipinski definition) is 6. The van der Waals surface area contributed by atoms with Crippen molar-refractivity contribution >= 4 is 17.9 Å². The molecule has 0 aromatic rings. The summed E-state index contributed by atoms with van der Waals surface area (Å²) in [6.45, 7) is 11.4. The Hall–Kier alpha value is -1.59. The lowest BCUT2D eigenvalue weighted by Gasteiger charge is -2.18. The Labute approximate surface area is 399 Å². The highest BCUT2D eigenvalue weighted by Gasteiger charge is 2.19. The second-order valence-corrected chi connectivity index (χ2v) is 20.9. The number of ether oxygens (including phenoxy) is 3. The molecular formula is C58H112O6. The molecule has 0 fully saturated rings. The van der Waals surface area contributed by atoms with Gasteiger partial charge in [-0.1, -0.05) is 285 Å². The van der Waals surface area contributed by atoms with Crippen LogP contribution in [0, 0.1) is 11.8 Å². The van der Waals surface area contributed by atoms with Crippen LogP contribution in [0.1, 0.15) is 324 Å². The van der Waals surface area contributed by atoms with Crippen LogP contribution >= 0.6 is 0 Å². The van der Waals surface area contributed by atoms with Crippen LogP contribution in [-0.2, 0) is 28.6 Å². The van der Waals surface area contributed by atoms with Gasteiger partial charge in [0, 0.05) is 19.3 Å². The van der Waals surface area contributed by atoms with E-state index in [-0.39, 0.29) is 31.1 Å². The first-order chi connectivity index (χ1) is 31.2. The molecule has 0 spiro atoms. The molecule has 6 heteroatoms. The van der Waals surface area contributed by atoms with Gasteiger partial charge in [0.25, 0.3) is 0 Å². The molecule has 0 unspecified atom stereocenters. The maximum absolute atomic E-state index is 12.8. The topological polar surface area (TPSA) is 78.9 Å². The second kappa shape index (κ2) is 50.8. The van der Waals surface area contributed by atoms with E-state index in [1.165, 1.54) is 212 Å². The minimum absolute atomic E-state index is 0.0626. The summed E-state index contributed by atoms with van der Waals surface area (Å²) in [7, 11) is 0. The van der Waals surface area contributed by atoms with Crippen LogP contribution in [0.3, 0.4) is 0 Å². The molecule has 380 valence electrons. The van der Waals surface area contributed by atoms with Gasteiger partial charge in [-0.3, -0.25) is 14.4 Å². The predicted molar refractivity (Wildman–Crippen MR) is 275 cm³/mol. The van der Waals surface area contributed by atoms with Gasteiger partial charge in [0.1, 0.15) is 13.2 Å². The summed E-state index contributed by atoms with van der Waals surface area (Å²) < 4.78 is 16.9. The molecule has 0 amide bonds. The van der Waals surface area contributed by atoms with Gasteiger partial charge in [0.15, 0.2) is 6.10 Å². The van der Waals surface area contributed by atoms with Crippen molar-refractivity contribution in [3.63, 3.8) is 0 Å². The molecule has 1 atom stereocenters. The Bertz CT molecular complexity index is 978. The molecule has 0 aliphatic carbocycles. The molecule has 0 saturated carbocycles. The molecule has 0 aromatic carbocycles. The fourth-order valence-corrected chi connectivity index (χ4v) is 8.87. The molecule has 0 aliphatic rings. The van der Waals surface area contributed by atoms with E-state index in [0.29, 0.717) is 19.3 Å². The van der Waals surface area contributed by atoms with Crippen LogP contribution in [0.25, 0.3) is 0 Å². The maximum Gasteiger partial charge on any atom is 0.306 e. The van der Waals surface area contributed by atoms with Crippen molar-refractivity contribution in [3.8, 4) is 0 Å². The first-order valence-electron chi connectivity index (χ1n) is 28.7. The van der Waals surface area contributed by atoms with Crippen LogP contribution in [0.5, 0.6) is 0 Å². The van der Waals surface area contributed by atoms with Crippen LogP contribution in [0.15, 0.2) is 0 Å². The summed E-state index contributed by atoms with van der Waals surface area (Å²) in [5.41, 5.74) is 0. The first-order valence-corrected chi connectivity index (χ1v) is 28.7. The maximum atomic E-state index is 12.8. The summed E-state index contributed by atoms with van der Waals surface area (Å²) in [5.74, 6) is 0.853. The number of unbranched alkanes of at least 4 members (excludes halogenated alkanes) is 37. The van der Waals surface area contributed by atoms with E-state index < -0.39 is 6.10 Å². The summed E-state index contributed by atoms with van der Waals surface area (Å²) in [6.07, 6.45) is 53.8. The summed E-state index contributed by atoms with van der Waals surface area (Å²) in [5, 5.41) is 0. The van der Waals surface area contributed by atoms with E-state index in [4.69, 9.17) is 14.2 Å². The van der Waals surface area contributed by atoms with Crippen LogP contribution < -0.4 is 0 Å². The third kappa shape index (κ3) is 51.4.